The van der Waals surface area contributed by atoms with E-state index in [9.17, 15) is 4.79 Å². The largest absolute Gasteiger partial charge is 0.383 e. The molecule has 0 unspecified atom stereocenters. The predicted octanol–water partition coefficient (Wildman–Crippen LogP) is 1.60. The second-order valence-electron chi connectivity index (χ2n) is 5.38. The van der Waals surface area contributed by atoms with Crippen LogP contribution >= 0.6 is 0 Å². The Labute approximate surface area is 126 Å². The second-order valence-corrected chi connectivity index (χ2v) is 5.38. The molecule has 0 radical (unpaired) electrons. The van der Waals surface area contributed by atoms with E-state index in [4.69, 9.17) is 4.74 Å². The monoisotopic (exact) mass is 291 g/mol. The Morgan fingerprint density at radius 3 is 2.95 bits per heavy atom. The van der Waals surface area contributed by atoms with E-state index in [-0.39, 0.29) is 6.03 Å². The molecule has 1 atom stereocenters. The molecule has 21 heavy (non-hydrogen) atoms. The number of rotatable bonds is 6. The number of methoxy groups -OCH3 is 1. The Balaban J connectivity index is 1.74. The summed E-state index contributed by atoms with van der Waals surface area (Å²) in [6.45, 7) is 3.57. The molecule has 2 N–H and O–H groups in total. The molecule has 1 aromatic rings. The maximum atomic E-state index is 12.0. The van der Waals surface area contributed by atoms with Crippen LogP contribution in [0.4, 0.5) is 4.79 Å². The summed E-state index contributed by atoms with van der Waals surface area (Å²) in [6, 6.07) is 10.7. The number of hydrogen-bond donors (Lipinski definition) is 2. The first-order valence-corrected chi connectivity index (χ1v) is 7.58. The minimum absolute atomic E-state index is 0.0123. The van der Waals surface area contributed by atoms with Crippen molar-refractivity contribution >= 4 is 6.03 Å². The average Bonchev–Trinajstić information content (AvgIpc) is 2.54. The first-order valence-electron chi connectivity index (χ1n) is 7.58. The Morgan fingerprint density at radius 1 is 1.38 bits per heavy atom. The molecule has 0 aliphatic carbocycles. The van der Waals surface area contributed by atoms with Gasteiger partial charge in [0.05, 0.1) is 6.61 Å². The van der Waals surface area contributed by atoms with E-state index < -0.39 is 0 Å². The highest BCUT2D eigenvalue weighted by atomic mass is 16.5. The SMILES string of the molecule is COCCNC(=O)N1CCC[C@H](NCc2ccccc2)C1. The zero-order valence-electron chi connectivity index (χ0n) is 12.7. The molecule has 1 aliphatic heterocycles. The average molecular weight is 291 g/mol. The van der Waals surface area contributed by atoms with E-state index >= 15 is 0 Å². The Bertz CT molecular complexity index is 425. The van der Waals surface area contributed by atoms with Gasteiger partial charge in [-0.1, -0.05) is 30.3 Å². The van der Waals surface area contributed by atoms with Crippen molar-refractivity contribution in [3.8, 4) is 0 Å². The molecule has 0 bridgehead atoms. The fraction of sp³-hybridized carbons (Fsp3) is 0.562. The highest BCUT2D eigenvalue weighted by molar-refractivity contribution is 5.74. The van der Waals surface area contributed by atoms with Gasteiger partial charge in [-0.3, -0.25) is 0 Å². The molecule has 5 heteroatoms. The molecule has 1 saturated heterocycles. The zero-order chi connectivity index (χ0) is 14.9. The molecule has 2 rings (SSSR count). The summed E-state index contributed by atoms with van der Waals surface area (Å²) >= 11 is 0. The van der Waals surface area contributed by atoms with Crippen LogP contribution in [-0.2, 0) is 11.3 Å². The smallest absolute Gasteiger partial charge is 0.317 e. The number of nitrogens with zero attached hydrogens (tertiary/aromatic N) is 1. The van der Waals surface area contributed by atoms with Gasteiger partial charge in [-0.2, -0.15) is 0 Å². The number of nitrogens with one attached hydrogen (secondary N) is 2. The van der Waals surface area contributed by atoms with Crippen molar-refractivity contribution in [2.45, 2.75) is 25.4 Å². The number of carbonyl (C=O) groups is 1. The topological polar surface area (TPSA) is 53.6 Å². The molecule has 1 aromatic carbocycles. The number of urea groups is 1. The lowest BCUT2D eigenvalue weighted by atomic mass is 10.1. The summed E-state index contributed by atoms with van der Waals surface area (Å²) in [5.41, 5.74) is 1.28. The molecular weight excluding hydrogens is 266 g/mol. The van der Waals surface area contributed by atoms with Crippen molar-refractivity contribution < 1.29 is 9.53 Å². The van der Waals surface area contributed by atoms with Crippen LogP contribution < -0.4 is 10.6 Å². The van der Waals surface area contributed by atoms with E-state index in [0.717, 1.165) is 32.5 Å². The highest BCUT2D eigenvalue weighted by Crippen LogP contribution is 2.11. The van der Waals surface area contributed by atoms with Crippen molar-refractivity contribution in [1.29, 1.82) is 0 Å². The highest BCUT2D eigenvalue weighted by Gasteiger charge is 2.22. The number of ether oxygens (including phenoxy) is 1. The van der Waals surface area contributed by atoms with Gasteiger partial charge in [0.2, 0.25) is 0 Å². The fourth-order valence-corrected chi connectivity index (χ4v) is 2.56. The van der Waals surface area contributed by atoms with E-state index in [2.05, 4.69) is 22.8 Å². The zero-order valence-corrected chi connectivity index (χ0v) is 12.7. The van der Waals surface area contributed by atoms with Crippen molar-refractivity contribution in [3.05, 3.63) is 35.9 Å². The summed E-state index contributed by atoms with van der Waals surface area (Å²) in [4.78, 5) is 13.9. The fourth-order valence-electron chi connectivity index (χ4n) is 2.56. The van der Waals surface area contributed by atoms with E-state index in [0.29, 0.717) is 19.2 Å². The van der Waals surface area contributed by atoms with Gasteiger partial charge in [0.25, 0.3) is 0 Å². The number of likely N-dealkylation sites (tertiary alicyclic amines) is 1. The third kappa shape index (κ3) is 5.36. The summed E-state index contributed by atoms with van der Waals surface area (Å²) < 4.78 is 4.94. The van der Waals surface area contributed by atoms with Gasteiger partial charge in [-0.15, -0.1) is 0 Å². The standard InChI is InChI=1S/C16H25N3O2/c1-21-11-9-17-16(20)19-10-5-8-15(13-19)18-12-14-6-3-2-4-7-14/h2-4,6-7,15,18H,5,8-13H2,1H3,(H,17,20)/t15-/m0/s1. The Kier molecular flexibility index (Phi) is 6.50. The molecule has 0 aromatic heterocycles. The maximum Gasteiger partial charge on any atom is 0.317 e. The van der Waals surface area contributed by atoms with Crippen LogP contribution in [0.1, 0.15) is 18.4 Å². The predicted molar refractivity (Wildman–Crippen MR) is 83.2 cm³/mol. The van der Waals surface area contributed by atoms with Crippen LogP contribution in [0.15, 0.2) is 30.3 Å². The van der Waals surface area contributed by atoms with Gasteiger partial charge >= 0.3 is 6.03 Å². The number of amides is 2. The number of carbonyl (C=O) groups excluding carboxylic acids is 1. The van der Waals surface area contributed by atoms with Gasteiger partial charge < -0.3 is 20.3 Å². The first-order chi connectivity index (χ1) is 10.3. The molecule has 0 saturated carbocycles. The second kappa shape index (κ2) is 8.64. The van der Waals surface area contributed by atoms with Gasteiger partial charge in [0, 0.05) is 39.3 Å². The normalized spacial score (nSPS) is 18.5. The van der Waals surface area contributed by atoms with Crippen molar-refractivity contribution in [2.24, 2.45) is 0 Å². The summed E-state index contributed by atoms with van der Waals surface area (Å²) in [7, 11) is 1.64. The molecule has 5 nitrogen and oxygen atoms in total. The summed E-state index contributed by atoms with van der Waals surface area (Å²) in [5.74, 6) is 0. The first kappa shape index (κ1) is 15.8. The van der Waals surface area contributed by atoms with Crippen LogP contribution in [0.3, 0.4) is 0 Å². The molecule has 1 heterocycles. The molecule has 1 aliphatic rings. The third-order valence-corrected chi connectivity index (χ3v) is 3.73. The molecular formula is C16H25N3O2. The van der Waals surface area contributed by atoms with E-state index in [1.165, 1.54) is 5.56 Å². The molecule has 116 valence electrons. The van der Waals surface area contributed by atoms with E-state index in [1.54, 1.807) is 7.11 Å². The lowest BCUT2D eigenvalue weighted by Gasteiger charge is -2.33. The van der Waals surface area contributed by atoms with Gasteiger partial charge in [-0.05, 0) is 18.4 Å². The van der Waals surface area contributed by atoms with Crippen LogP contribution in [-0.4, -0.2) is 50.3 Å². The number of piperidine rings is 1. The van der Waals surface area contributed by atoms with Crippen molar-refractivity contribution in [2.75, 3.05) is 33.4 Å². The number of benzene rings is 1. The van der Waals surface area contributed by atoms with Crippen LogP contribution in [0.2, 0.25) is 0 Å². The van der Waals surface area contributed by atoms with Crippen molar-refractivity contribution in [3.63, 3.8) is 0 Å². The van der Waals surface area contributed by atoms with Crippen molar-refractivity contribution in [1.82, 2.24) is 15.5 Å². The molecule has 2 amide bonds. The lowest BCUT2D eigenvalue weighted by molar-refractivity contribution is 0.163. The van der Waals surface area contributed by atoms with Gasteiger partial charge in [-0.25, -0.2) is 4.79 Å². The van der Waals surface area contributed by atoms with Crippen LogP contribution in [0.5, 0.6) is 0 Å². The minimum atomic E-state index is 0.0123. The lowest BCUT2D eigenvalue weighted by Crippen LogP contribution is -2.51. The summed E-state index contributed by atoms with van der Waals surface area (Å²) in [5, 5.41) is 6.43. The van der Waals surface area contributed by atoms with Crippen LogP contribution in [0.25, 0.3) is 0 Å². The van der Waals surface area contributed by atoms with Gasteiger partial charge in [0.1, 0.15) is 0 Å². The number of hydrogen-bond acceptors (Lipinski definition) is 3. The molecule has 1 fully saturated rings. The van der Waals surface area contributed by atoms with E-state index in [1.807, 2.05) is 23.1 Å². The Morgan fingerprint density at radius 2 is 2.19 bits per heavy atom. The van der Waals surface area contributed by atoms with Gasteiger partial charge in [0.15, 0.2) is 0 Å². The Hall–Kier alpha value is -1.59. The third-order valence-electron chi connectivity index (χ3n) is 3.73. The molecule has 0 spiro atoms. The summed E-state index contributed by atoms with van der Waals surface area (Å²) in [6.07, 6.45) is 2.17. The minimum Gasteiger partial charge on any atom is -0.383 e. The maximum absolute atomic E-state index is 12.0. The quantitative estimate of drug-likeness (QED) is 0.783. The van der Waals surface area contributed by atoms with Crippen LogP contribution in [0, 0.1) is 0 Å².